The Morgan fingerprint density at radius 1 is 0.744 bits per heavy atom. The van der Waals surface area contributed by atoms with Gasteiger partial charge >= 0.3 is 5.97 Å². The van der Waals surface area contributed by atoms with Crippen LogP contribution < -0.4 is 13.3 Å². The third-order valence-electron chi connectivity index (χ3n) is 5.63. The van der Waals surface area contributed by atoms with Crippen LogP contribution in [0.25, 0.3) is 0 Å². The van der Waals surface area contributed by atoms with Gasteiger partial charge in [0.25, 0.3) is 0 Å². The van der Waals surface area contributed by atoms with Gasteiger partial charge in [-0.1, -0.05) is 35.4 Å². The zero-order chi connectivity index (χ0) is 28.3. The lowest BCUT2D eigenvalue weighted by Crippen LogP contribution is -2.22. The molecule has 0 spiro atoms. The maximum absolute atomic E-state index is 15.0. The highest BCUT2D eigenvalue weighted by molar-refractivity contribution is 7.81. The Morgan fingerprint density at radius 3 is 1.62 bits per heavy atom. The van der Waals surface area contributed by atoms with E-state index in [9.17, 15) is 27.4 Å². The Balaban J connectivity index is 1.66. The number of rotatable bonds is 9. The first-order valence-corrected chi connectivity index (χ1v) is 13.4. The van der Waals surface area contributed by atoms with Crippen molar-refractivity contribution < 1.29 is 36.6 Å². The van der Waals surface area contributed by atoms with Crippen molar-refractivity contribution in [1.82, 2.24) is 0 Å². The van der Waals surface area contributed by atoms with Gasteiger partial charge in [0.05, 0.1) is 50.8 Å². The minimum absolute atomic E-state index is 0.00775. The van der Waals surface area contributed by atoms with E-state index in [0.29, 0.717) is 0 Å². The second-order valence-electron chi connectivity index (χ2n) is 8.39. The fraction of sp³-hybridized carbons (Fsp3) is 0.0741. The monoisotopic (exact) mass is 568 g/mol. The lowest BCUT2D eigenvalue weighted by Gasteiger charge is -2.28. The summed E-state index contributed by atoms with van der Waals surface area (Å²) in [6.45, 7) is 3.66. The molecule has 0 bridgehead atoms. The maximum Gasteiger partial charge on any atom is 0.337 e. The molecular formula is C27H21FN2O7S2-2. The Morgan fingerprint density at radius 2 is 1.18 bits per heavy atom. The average molecular weight is 569 g/mol. The second kappa shape index (κ2) is 11.7. The third kappa shape index (κ3) is 6.32. The van der Waals surface area contributed by atoms with Crippen molar-refractivity contribution in [3.8, 4) is 11.5 Å². The number of aryl methyl sites for hydroxylation is 2. The van der Waals surface area contributed by atoms with Gasteiger partial charge in [0.2, 0.25) is 0 Å². The Kier molecular flexibility index (Phi) is 8.41. The molecule has 0 saturated heterocycles. The van der Waals surface area contributed by atoms with Crippen LogP contribution in [-0.2, 0) is 22.5 Å². The number of ether oxygens (including phenoxy) is 1. The van der Waals surface area contributed by atoms with E-state index in [0.717, 1.165) is 31.9 Å². The average Bonchev–Trinajstić information content (AvgIpc) is 2.88. The quantitative estimate of drug-likeness (QED) is 0.252. The van der Waals surface area contributed by atoms with Crippen LogP contribution in [0.15, 0.2) is 84.9 Å². The standard InChI is InChI=1S/C27H23FN2O7S2/c1-17-3-7-19(8-4-17)29(38(33)34)25-13-11-21(15-23(25)27(31)32)37-22-12-14-26(24(28)16-22)30(39(35)36)20-9-5-18(2)6-10-20/h3-16H,1-2H3,(H,31,32)(H,33,34)(H,35,36)/p-2. The summed E-state index contributed by atoms with van der Waals surface area (Å²) in [5.41, 5.74) is 1.51. The van der Waals surface area contributed by atoms with Crippen LogP contribution in [0.5, 0.6) is 11.5 Å². The molecule has 0 aliphatic heterocycles. The first kappa shape index (κ1) is 27.9. The minimum atomic E-state index is -2.84. The summed E-state index contributed by atoms with van der Waals surface area (Å²) in [4.78, 5) is 12.0. The topological polar surface area (TPSA) is 133 Å². The lowest BCUT2D eigenvalue weighted by molar-refractivity contribution is 0.0697. The summed E-state index contributed by atoms with van der Waals surface area (Å²) in [6, 6.07) is 20.1. The van der Waals surface area contributed by atoms with E-state index >= 15 is 4.39 Å². The first-order chi connectivity index (χ1) is 18.5. The van der Waals surface area contributed by atoms with Gasteiger partial charge in [-0.25, -0.2) is 9.18 Å². The predicted octanol–water partition coefficient (Wildman–Crippen LogP) is 5.80. The number of hydrogen-bond donors (Lipinski definition) is 1. The van der Waals surface area contributed by atoms with Crippen molar-refractivity contribution in [3.05, 3.63) is 107 Å². The van der Waals surface area contributed by atoms with Gasteiger partial charge < -0.3 is 18.9 Å². The highest BCUT2D eigenvalue weighted by Crippen LogP contribution is 2.36. The van der Waals surface area contributed by atoms with E-state index in [-0.39, 0.29) is 39.8 Å². The highest BCUT2D eigenvalue weighted by atomic mass is 32.2. The lowest BCUT2D eigenvalue weighted by atomic mass is 10.1. The molecule has 4 rings (SSSR count). The molecule has 202 valence electrons. The number of halogens is 1. The van der Waals surface area contributed by atoms with Crippen LogP contribution in [0.1, 0.15) is 21.5 Å². The van der Waals surface area contributed by atoms with E-state index in [1.807, 2.05) is 13.8 Å². The molecular weight excluding hydrogens is 547 g/mol. The van der Waals surface area contributed by atoms with E-state index in [4.69, 9.17) is 4.74 Å². The highest BCUT2D eigenvalue weighted by Gasteiger charge is 2.21. The van der Waals surface area contributed by atoms with Gasteiger partial charge in [-0.2, -0.15) is 0 Å². The normalized spacial score (nSPS) is 12.4. The number of benzene rings is 4. The van der Waals surface area contributed by atoms with Gasteiger partial charge in [-0.3, -0.25) is 17.0 Å². The molecule has 0 aliphatic carbocycles. The van der Waals surface area contributed by atoms with E-state index < -0.39 is 34.3 Å². The van der Waals surface area contributed by atoms with Crippen molar-refractivity contribution in [1.29, 1.82) is 0 Å². The Hall–Kier alpha value is -4.10. The number of carbonyl (C=O) groups is 1. The molecule has 1 N–H and O–H groups in total. The smallest absolute Gasteiger partial charge is 0.337 e. The molecule has 0 aliphatic rings. The van der Waals surface area contributed by atoms with Crippen LogP contribution in [-0.4, -0.2) is 28.6 Å². The second-order valence-corrected chi connectivity index (χ2v) is 9.99. The summed E-state index contributed by atoms with van der Waals surface area (Å²) in [5.74, 6) is -2.36. The number of carboxylic acids is 1. The van der Waals surface area contributed by atoms with E-state index in [2.05, 4.69) is 0 Å². The predicted molar refractivity (Wildman–Crippen MR) is 144 cm³/mol. The van der Waals surface area contributed by atoms with Crippen molar-refractivity contribution >= 4 is 51.3 Å². The van der Waals surface area contributed by atoms with E-state index in [1.54, 1.807) is 48.5 Å². The number of carboxylic acid groups (broad SMARTS) is 1. The summed E-state index contributed by atoms with van der Waals surface area (Å²) in [6.07, 6.45) is 0. The molecule has 0 fully saturated rings. The van der Waals surface area contributed by atoms with Crippen molar-refractivity contribution in [3.63, 3.8) is 0 Å². The van der Waals surface area contributed by atoms with Crippen LogP contribution in [0.2, 0.25) is 0 Å². The van der Waals surface area contributed by atoms with Crippen LogP contribution in [0.3, 0.4) is 0 Å². The van der Waals surface area contributed by atoms with E-state index in [1.165, 1.54) is 24.3 Å². The summed E-state index contributed by atoms with van der Waals surface area (Å²) >= 11 is -5.66. The third-order valence-corrected chi connectivity index (χ3v) is 7.04. The molecule has 0 radical (unpaired) electrons. The Bertz CT molecular complexity index is 1560. The fourth-order valence-electron chi connectivity index (χ4n) is 3.75. The van der Waals surface area contributed by atoms with Gasteiger partial charge in [0.1, 0.15) is 11.5 Å². The van der Waals surface area contributed by atoms with Crippen LogP contribution in [0, 0.1) is 19.7 Å². The first-order valence-electron chi connectivity index (χ1n) is 11.3. The molecule has 0 aromatic heterocycles. The molecule has 9 nitrogen and oxygen atoms in total. The summed E-state index contributed by atoms with van der Waals surface area (Å²) in [7, 11) is 0. The SMILES string of the molecule is Cc1ccc(N(c2ccc(Oc3ccc(N(c4ccc(C)cc4)S(=O)[O-])c(C(=O)O)c3)cc2F)S(=O)[O-])cc1. The molecule has 2 unspecified atom stereocenters. The zero-order valence-electron chi connectivity index (χ0n) is 20.6. The minimum Gasteiger partial charge on any atom is -0.755 e. The largest absolute Gasteiger partial charge is 0.755 e. The van der Waals surface area contributed by atoms with Gasteiger partial charge in [-0.15, -0.1) is 0 Å². The number of anilines is 4. The fourth-order valence-corrected chi connectivity index (χ4v) is 4.97. The summed E-state index contributed by atoms with van der Waals surface area (Å²) in [5, 5.41) is 9.79. The molecule has 2 atom stereocenters. The number of hydrogen-bond acceptors (Lipinski definition) is 6. The molecule has 0 amide bonds. The molecule has 4 aromatic rings. The summed E-state index contributed by atoms with van der Waals surface area (Å²) < 4.78 is 70.2. The van der Waals surface area contributed by atoms with Crippen LogP contribution >= 0.6 is 0 Å². The molecule has 12 heteroatoms. The number of aromatic carboxylic acids is 1. The van der Waals surface area contributed by atoms with Crippen molar-refractivity contribution in [2.75, 3.05) is 8.61 Å². The molecule has 0 heterocycles. The van der Waals surface area contributed by atoms with Gasteiger partial charge in [0, 0.05) is 6.07 Å². The van der Waals surface area contributed by atoms with Crippen LogP contribution in [0.4, 0.5) is 27.1 Å². The van der Waals surface area contributed by atoms with Crippen molar-refractivity contribution in [2.45, 2.75) is 13.8 Å². The number of nitrogens with zero attached hydrogens (tertiary/aromatic N) is 2. The van der Waals surface area contributed by atoms with Gasteiger partial charge in [0.15, 0.2) is 5.82 Å². The maximum atomic E-state index is 15.0. The Labute approximate surface area is 228 Å². The molecule has 4 aromatic carbocycles. The van der Waals surface area contributed by atoms with Crippen molar-refractivity contribution in [2.24, 2.45) is 0 Å². The van der Waals surface area contributed by atoms with Gasteiger partial charge in [-0.05, 0) is 68.4 Å². The molecule has 0 saturated carbocycles. The zero-order valence-corrected chi connectivity index (χ0v) is 22.2. The molecule has 39 heavy (non-hydrogen) atoms.